The van der Waals surface area contributed by atoms with Crippen LogP contribution in [0.3, 0.4) is 0 Å². The highest BCUT2D eigenvalue weighted by atomic mass is 16.4. The van der Waals surface area contributed by atoms with E-state index >= 15 is 0 Å². The number of carboxylic acid groups (broad SMARTS) is 1. The van der Waals surface area contributed by atoms with Crippen LogP contribution >= 0.6 is 0 Å². The maximum atomic E-state index is 10.4. The van der Waals surface area contributed by atoms with E-state index in [9.17, 15) is 4.79 Å². The summed E-state index contributed by atoms with van der Waals surface area (Å²) >= 11 is 0. The molecule has 30 heavy (non-hydrogen) atoms. The Labute approximate surface area is 184 Å². The molecule has 5 N–H and O–H groups in total. The Hall–Kier alpha value is -0.690. The Morgan fingerprint density at radius 1 is 0.567 bits per heavy atom. The summed E-state index contributed by atoms with van der Waals surface area (Å²) in [7, 11) is 0. The van der Waals surface area contributed by atoms with Crippen LogP contribution in [0.1, 0.15) is 122 Å². The number of unbranched alkanes of at least 4 members (excludes halogenated alkanes) is 16. The molecular weight excluding hydrogens is 384 g/mol. The van der Waals surface area contributed by atoms with Crippen LogP contribution in [0.5, 0.6) is 0 Å². The molecule has 182 valence electrons. The van der Waals surface area contributed by atoms with Crippen molar-refractivity contribution in [3.63, 3.8) is 0 Å². The number of rotatable bonds is 21. The molecule has 0 fully saturated rings. The molecule has 2 atom stereocenters. The molecule has 0 rings (SSSR count). The standard InChI is InChI=1S/C20H40O2.C4H10O4/c1-2-3-4-5-6-7-8-9-10-11-12-13-14-15-16-17-18-19-20(21)22;5-1-3(7)4(8)2-6/h2-19H2,1H3,(H,21,22);3-8H,1-2H2. The molecule has 0 saturated carbocycles. The summed E-state index contributed by atoms with van der Waals surface area (Å²) in [4.78, 5) is 10.4. The van der Waals surface area contributed by atoms with E-state index in [0.717, 1.165) is 12.8 Å². The topological polar surface area (TPSA) is 118 Å². The summed E-state index contributed by atoms with van der Waals surface area (Å²) in [6.45, 7) is 1.23. The minimum atomic E-state index is -1.22. The summed E-state index contributed by atoms with van der Waals surface area (Å²) < 4.78 is 0. The molecule has 0 heterocycles. The summed E-state index contributed by atoms with van der Waals surface area (Å²) in [6.07, 6.45) is 20.7. The predicted molar refractivity (Wildman–Crippen MR) is 123 cm³/mol. The second-order valence-corrected chi connectivity index (χ2v) is 8.30. The van der Waals surface area contributed by atoms with Crippen LogP contribution in [0.2, 0.25) is 0 Å². The van der Waals surface area contributed by atoms with Gasteiger partial charge in [0.05, 0.1) is 13.2 Å². The van der Waals surface area contributed by atoms with Gasteiger partial charge in [0.2, 0.25) is 0 Å². The predicted octanol–water partition coefficient (Wildman–Crippen LogP) is 4.81. The maximum absolute atomic E-state index is 10.4. The van der Waals surface area contributed by atoms with Crippen LogP contribution in [0, 0.1) is 0 Å². The van der Waals surface area contributed by atoms with Crippen molar-refractivity contribution in [2.24, 2.45) is 0 Å². The Balaban J connectivity index is 0. The Morgan fingerprint density at radius 3 is 1.07 bits per heavy atom. The van der Waals surface area contributed by atoms with Gasteiger partial charge < -0.3 is 25.5 Å². The number of aliphatic carboxylic acids is 1. The zero-order chi connectivity index (χ0) is 22.9. The lowest BCUT2D eigenvalue weighted by atomic mass is 10.0. The summed E-state index contributed by atoms with van der Waals surface area (Å²) in [5.41, 5.74) is 0. The van der Waals surface area contributed by atoms with Crippen molar-refractivity contribution >= 4 is 5.97 Å². The highest BCUT2D eigenvalue weighted by Gasteiger charge is 2.12. The van der Waals surface area contributed by atoms with Crippen LogP contribution in [0.25, 0.3) is 0 Å². The molecule has 0 amide bonds. The van der Waals surface area contributed by atoms with E-state index in [1.54, 1.807) is 0 Å². The van der Waals surface area contributed by atoms with Gasteiger partial charge in [0.1, 0.15) is 12.2 Å². The monoisotopic (exact) mass is 434 g/mol. The van der Waals surface area contributed by atoms with E-state index in [1.165, 1.54) is 96.3 Å². The van der Waals surface area contributed by atoms with Gasteiger partial charge >= 0.3 is 5.97 Å². The highest BCUT2D eigenvalue weighted by Crippen LogP contribution is 2.14. The lowest BCUT2D eigenvalue weighted by Gasteiger charge is -2.10. The number of aliphatic hydroxyl groups is 4. The lowest BCUT2D eigenvalue weighted by Crippen LogP contribution is -2.31. The Morgan fingerprint density at radius 2 is 0.833 bits per heavy atom. The molecule has 0 aliphatic rings. The van der Waals surface area contributed by atoms with Crippen LogP contribution in [-0.2, 0) is 4.79 Å². The van der Waals surface area contributed by atoms with E-state index in [0.29, 0.717) is 6.42 Å². The molecule has 0 aromatic carbocycles. The molecular formula is C24H50O6. The zero-order valence-electron chi connectivity index (χ0n) is 19.4. The average Bonchev–Trinajstić information content (AvgIpc) is 2.75. The molecule has 0 saturated heterocycles. The first-order valence-corrected chi connectivity index (χ1v) is 12.3. The number of carboxylic acids is 1. The van der Waals surface area contributed by atoms with Crippen molar-refractivity contribution in [2.75, 3.05) is 13.2 Å². The number of hydrogen-bond donors (Lipinski definition) is 5. The first kappa shape index (κ1) is 31.5. The van der Waals surface area contributed by atoms with E-state index in [1.807, 2.05) is 0 Å². The third-order valence-corrected chi connectivity index (χ3v) is 5.31. The zero-order valence-corrected chi connectivity index (χ0v) is 19.4. The van der Waals surface area contributed by atoms with Crippen LogP contribution < -0.4 is 0 Å². The molecule has 0 aliphatic heterocycles. The maximum Gasteiger partial charge on any atom is 0.303 e. The first-order chi connectivity index (χ1) is 14.5. The molecule has 0 bridgehead atoms. The number of aliphatic hydroxyl groups excluding tert-OH is 4. The minimum Gasteiger partial charge on any atom is -0.481 e. The number of carbonyl (C=O) groups is 1. The van der Waals surface area contributed by atoms with Gasteiger partial charge in [-0.2, -0.15) is 0 Å². The largest absolute Gasteiger partial charge is 0.481 e. The van der Waals surface area contributed by atoms with Gasteiger partial charge in [0.25, 0.3) is 0 Å². The third-order valence-electron chi connectivity index (χ3n) is 5.31. The Kier molecular flexibility index (Phi) is 27.7. The fraction of sp³-hybridized carbons (Fsp3) is 0.958. The van der Waals surface area contributed by atoms with E-state index in [4.69, 9.17) is 25.5 Å². The smallest absolute Gasteiger partial charge is 0.303 e. The molecule has 0 spiro atoms. The van der Waals surface area contributed by atoms with Crippen molar-refractivity contribution in [3.05, 3.63) is 0 Å². The van der Waals surface area contributed by atoms with Crippen molar-refractivity contribution in [1.82, 2.24) is 0 Å². The summed E-state index contributed by atoms with van der Waals surface area (Å²) in [5.74, 6) is -0.652. The van der Waals surface area contributed by atoms with Crippen molar-refractivity contribution in [2.45, 2.75) is 135 Å². The molecule has 0 aliphatic carbocycles. The van der Waals surface area contributed by atoms with Crippen LogP contribution in [-0.4, -0.2) is 56.9 Å². The van der Waals surface area contributed by atoms with Gasteiger partial charge in [0.15, 0.2) is 0 Å². The second kappa shape index (κ2) is 26.3. The molecule has 0 aromatic heterocycles. The van der Waals surface area contributed by atoms with Gasteiger partial charge in [0, 0.05) is 6.42 Å². The van der Waals surface area contributed by atoms with Crippen molar-refractivity contribution in [3.8, 4) is 0 Å². The van der Waals surface area contributed by atoms with Gasteiger partial charge in [-0.1, -0.05) is 110 Å². The summed E-state index contributed by atoms with van der Waals surface area (Å²) in [6, 6.07) is 0. The fourth-order valence-corrected chi connectivity index (χ4v) is 3.24. The Bertz CT molecular complexity index is 330. The highest BCUT2D eigenvalue weighted by molar-refractivity contribution is 5.66. The van der Waals surface area contributed by atoms with E-state index < -0.39 is 31.4 Å². The van der Waals surface area contributed by atoms with Gasteiger partial charge in [-0.05, 0) is 6.42 Å². The number of hydrogen-bond acceptors (Lipinski definition) is 5. The molecule has 0 radical (unpaired) electrons. The van der Waals surface area contributed by atoms with E-state index in [2.05, 4.69) is 6.92 Å². The van der Waals surface area contributed by atoms with Gasteiger partial charge in [-0.3, -0.25) is 4.79 Å². The SMILES string of the molecule is CCCCCCCCCCCCCCCCCCCC(=O)O.OCC(O)C(O)CO. The van der Waals surface area contributed by atoms with Crippen LogP contribution in [0.15, 0.2) is 0 Å². The molecule has 2 unspecified atom stereocenters. The van der Waals surface area contributed by atoms with Gasteiger partial charge in [-0.25, -0.2) is 0 Å². The van der Waals surface area contributed by atoms with Gasteiger partial charge in [-0.15, -0.1) is 0 Å². The third kappa shape index (κ3) is 27.3. The minimum absolute atomic E-state index is 0.346. The normalized spacial score (nSPS) is 12.8. The van der Waals surface area contributed by atoms with E-state index in [-0.39, 0.29) is 0 Å². The molecule has 0 aromatic rings. The fourth-order valence-electron chi connectivity index (χ4n) is 3.24. The van der Waals surface area contributed by atoms with Crippen LogP contribution in [0.4, 0.5) is 0 Å². The molecule has 6 heteroatoms. The molecule has 6 nitrogen and oxygen atoms in total. The quantitative estimate of drug-likeness (QED) is 0.166. The average molecular weight is 435 g/mol. The second-order valence-electron chi connectivity index (χ2n) is 8.30. The lowest BCUT2D eigenvalue weighted by molar-refractivity contribution is -0.137. The van der Waals surface area contributed by atoms with Crippen molar-refractivity contribution in [1.29, 1.82) is 0 Å². The first-order valence-electron chi connectivity index (χ1n) is 12.3. The summed E-state index contributed by atoms with van der Waals surface area (Å²) in [5, 5.41) is 41.7. The van der Waals surface area contributed by atoms with Crippen molar-refractivity contribution < 1.29 is 30.3 Å².